The van der Waals surface area contributed by atoms with E-state index in [0.29, 0.717) is 0 Å². The summed E-state index contributed by atoms with van der Waals surface area (Å²) in [5.41, 5.74) is 0.190. The minimum absolute atomic E-state index is 0.190. The van der Waals surface area contributed by atoms with Gasteiger partial charge >= 0.3 is 0 Å². The number of aromatic nitrogens is 1. The lowest BCUT2D eigenvalue weighted by molar-refractivity contribution is 0.113. The minimum Gasteiger partial charge on any atom is -0.490 e. The second-order valence-electron chi connectivity index (χ2n) is 4.50. The first kappa shape index (κ1) is 10.4. The molecule has 3 nitrogen and oxygen atoms in total. The number of hydrogen-bond donors (Lipinski definition) is 0. The fourth-order valence-electron chi connectivity index (χ4n) is 2.01. The Morgan fingerprint density at radius 3 is 3.07 bits per heavy atom. The number of hydrogen-bond acceptors (Lipinski definition) is 3. The maximum absolute atomic E-state index is 5.76. The van der Waals surface area contributed by atoms with Gasteiger partial charge in [-0.25, -0.2) is 0 Å². The molecule has 0 amide bonds. The van der Waals surface area contributed by atoms with Crippen LogP contribution in [0.25, 0.3) is 0 Å². The van der Waals surface area contributed by atoms with Crippen LogP contribution in [-0.4, -0.2) is 35.6 Å². The van der Waals surface area contributed by atoms with Crippen LogP contribution in [0, 0.1) is 0 Å². The van der Waals surface area contributed by atoms with Gasteiger partial charge < -0.3 is 4.74 Å². The van der Waals surface area contributed by atoms with E-state index in [-0.39, 0.29) is 5.54 Å². The molecule has 0 aromatic carbocycles. The molecule has 1 atom stereocenters. The predicted molar refractivity (Wildman–Crippen MR) is 60.0 cm³/mol. The lowest BCUT2D eigenvalue weighted by Gasteiger charge is -2.31. The van der Waals surface area contributed by atoms with Crippen molar-refractivity contribution in [2.75, 3.05) is 20.2 Å². The van der Waals surface area contributed by atoms with Gasteiger partial charge in [0.2, 0.25) is 0 Å². The van der Waals surface area contributed by atoms with Crippen molar-refractivity contribution in [2.45, 2.75) is 25.3 Å². The fourth-order valence-corrected chi connectivity index (χ4v) is 2.01. The molecule has 0 aliphatic carbocycles. The summed E-state index contributed by atoms with van der Waals surface area (Å²) in [5.74, 6) is 0.860. The average molecular weight is 206 g/mol. The summed E-state index contributed by atoms with van der Waals surface area (Å²) in [7, 11) is 2.17. The number of nitrogens with zero attached hydrogens (tertiary/aromatic N) is 2. The number of pyridine rings is 1. The van der Waals surface area contributed by atoms with Crippen LogP contribution in [0.15, 0.2) is 24.5 Å². The van der Waals surface area contributed by atoms with Crippen LogP contribution in [0.3, 0.4) is 0 Å². The molecule has 1 saturated heterocycles. The molecule has 15 heavy (non-hydrogen) atoms. The van der Waals surface area contributed by atoms with Crippen LogP contribution in [0.5, 0.6) is 5.75 Å². The van der Waals surface area contributed by atoms with Crippen molar-refractivity contribution in [3.63, 3.8) is 0 Å². The highest BCUT2D eigenvalue weighted by atomic mass is 16.5. The Labute approximate surface area is 91.1 Å². The van der Waals surface area contributed by atoms with E-state index in [1.165, 1.54) is 19.4 Å². The van der Waals surface area contributed by atoms with Gasteiger partial charge in [0.15, 0.2) is 0 Å². The van der Waals surface area contributed by atoms with E-state index in [9.17, 15) is 0 Å². The van der Waals surface area contributed by atoms with Crippen LogP contribution in [0.1, 0.15) is 19.8 Å². The van der Waals surface area contributed by atoms with Crippen molar-refractivity contribution in [1.29, 1.82) is 0 Å². The van der Waals surface area contributed by atoms with Gasteiger partial charge in [-0.2, -0.15) is 0 Å². The molecule has 2 rings (SSSR count). The standard InChI is InChI=1S/C12H18N2O/c1-12(6-4-8-14(12)2)10-15-11-5-3-7-13-9-11/h3,5,7,9H,4,6,8,10H2,1-2H3/t12-/m0/s1. The SMILES string of the molecule is CN1CCC[C@@]1(C)COc1cccnc1. The Kier molecular flexibility index (Phi) is 2.91. The second-order valence-corrected chi connectivity index (χ2v) is 4.50. The highest BCUT2D eigenvalue weighted by Crippen LogP contribution is 2.27. The van der Waals surface area contributed by atoms with Crippen LogP contribution >= 0.6 is 0 Å². The zero-order chi connectivity index (χ0) is 10.7. The molecule has 1 aromatic rings. The Balaban J connectivity index is 1.93. The van der Waals surface area contributed by atoms with Crippen LogP contribution < -0.4 is 4.74 Å². The van der Waals surface area contributed by atoms with E-state index in [0.717, 1.165) is 12.4 Å². The summed E-state index contributed by atoms with van der Waals surface area (Å²) in [5, 5.41) is 0. The zero-order valence-corrected chi connectivity index (χ0v) is 9.44. The summed E-state index contributed by atoms with van der Waals surface area (Å²) < 4.78 is 5.76. The molecule has 1 fully saturated rings. The molecule has 3 heteroatoms. The summed E-state index contributed by atoms with van der Waals surface area (Å²) in [4.78, 5) is 6.41. The largest absolute Gasteiger partial charge is 0.490 e. The predicted octanol–water partition coefficient (Wildman–Crippen LogP) is 1.94. The van der Waals surface area contributed by atoms with Crippen molar-refractivity contribution in [3.05, 3.63) is 24.5 Å². The van der Waals surface area contributed by atoms with Gasteiger partial charge in [0.25, 0.3) is 0 Å². The van der Waals surface area contributed by atoms with Crippen molar-refractivity contribution in [1.82, 2.24) is 9.88 Å². The zero-order valence-electron chi connectivity index (χ0n) is 9.44. The third-order valence-corrected chi connectivity index (χ3v) is 3.31. The van der Waals surface area contributed by atoms with Gasteiger partial charge in [0.05, 0.1) is 11.7 Å². The summed E-state index contributed by atoms with van der Waals surface area (Å²) in [6.45, 7) is 4.18. The average Bonchev–Trinajstić information content (AvgIpc) is 2.59. The molecule has 2 heterocycles. The van der Waals surface area contributed by atoms with E-state index in [2.05, 4.69) is 23.9 Å². The number of ether oxygens (including phenoxy) is 1. The molecule has 0 N–H and O–H groups in total. The van der Waals surface area contributed by atoms with E-state index >= 15 is 0 Å². The van der Waals surface area contributed by atoms with Crippen LogP contribution in [-0.2, 0) is 0 Å². The third-order valence-electron chi connectivity index (χ3n) is 3.31. The molecule has 1 aromatic heterocycles. The molecular formula is C12H18N2O. The first-order valence-corrected chi connectivity index (χ1v) is 5.45. The normalized spacial score (nSPS) is 26.8. The minimum atomic E-state index is 0.190. The molecule has 1 aliphatic heterocycles. The number of rotatable bonds is 3. The molecule has 0 saturated carbocycles. The lowest BCUT2D eigenvalue weighted by Crippen LogP contribution is -2.43. The molecular weight excluding hydrogens is 188 g/mol. The molecule has 0 radical (unpaired) electrons. The first-order valence-electron chi connectivity index (χ1n) is 5.45. The van der Waals surface area contributed by atoms with E-state index < -0.39 is 0 Å². The van der Waals surface area contributed by atoms with Gasteiger partial charge in [-0.3, -0.25) is 9.88 Å². The molecule has 82 valence electrons. The Hall–Kier alpha value is -1.09. The van der Waals surface area contributed by atoms with E-state index in [4.69, 9.17) is 4.74 Å². The first-order chi connectivity index (χ1) is 7.21. The van der Waals surface area contributed by atoms with Gasteiger partial charge in [-0.1, -0.05) is 0 Å². The molecule has 1 aliphatic rings. The molecule has 0 spiro atoms. The summed E-state index contributed by atoms with van der Waals surface area (Å²) in [6.07, 6.45) is 6.00. The molecule has 0 bridgehead atoms. The number of likely N-dealkylation sites (tertiary alicyclic amines) is 1. The van der Waals surface area contributed by atoms with Crippen LogP contribution in [0.2, 0.25) is 0 Å². The fraction of sp³-hybridized carbons (Fsp3) is 0.583. The maximum Gasteiger partial charge on any atom is 0.137 e. The third kappa shape index (κ3) is 2.29. The monoisotopic (exact) mass is 206 g/mol. The highest BCUT2D eigenvalue weighted by Gasteiger charge is 2.34. The Bertz CT molecular complexity index is 315. The number of likely N-dealkylation sites (N-methyl/N-ethyl adjacent to an activating group) is 1. The smallest absolute Gasteiger partial charge is 0.137 e. The van der Waals surface area contributed by atoms with Crippen molar-refractivity contribution in [3.8, 4) is 5.75 Å². The van der Waals surface area contributed by atoms with Gasteiger partial charge in [0, 0.05) is 6.20 Å². The summed E-state index contributed by atoms with van der Waals surface area (Å²) in [6, 6.07) is 3.85. The van der Waals surface area contributed by atoms with Gasteiger partial charge in [0.1, 0.15) is 12.4 Å². The molecule has 0 unspecified atom stereocenters. The quantitative estimate of drug-likeness (QED) is 0.755. The topological polar surface area (TPSA) is 25.4 Å². The second kappa shape index (κ2) is 4.19. The van der Waals surface area contributed by atoms with Crippen molar-refractivity contribution in [2.24, 2.45) is 0 Å². The summed E-state index contributed by atoms with van der Waals surface area (Å²) >= 11 is 0. The van der Waals surface area contributed by atoms with Crippen LogP contribution in [0.4, 0.5) is 0 Å². The lowest BCUT2D eigenvalue weighted by atomic mass is 10.0. The van der Waals surface area contributed by atoms with Crippen molar-refractivity contribution < 1.29 is 4.74 Å². The van der Waals surface area contributed by atoms with Gasteiger partial charge in [-0.05, 0) is 45.5 Å². The van der Waals surface area contributed by atoms with E-state index in [1.807, 2.05) is 12.1 Å². The Morgan fingerprint density at radius 2 is 2.47 bits per heavy atom. The van der Waals surface area contributed by atoms with Crippen molar-refractivity contribution >= 4 is 0 Å². The maximum atomic E-state index is 5.76. The highest BCUT2D eigenvalue weighted by molar-refractivity contribution is 5.15. The van der Waals surface area contributed by atoms with E-state index in [1.54, 1.807) is 12.4 Å². The van der Waals surface area contributed by atoms with Gasteiger partial charge in [-0.15, -0.1) is 0 Å². The Morgan fingerprint density at radius 1 is 1.60 bits per heavy atom.